The fraction of sp³-hybridized carbons (Fsp3) is 0.458. The van der Waals surface area contributed by atoms with E-state index in [0.717, 1.165) is 3.57 Å². The van der Waals surface area contributed by atoms with Crippen LogP contribution in [0.3, 0.4) is 0 Å². The van der Waals surface area contributed by atoms with Crippen LogP contribution in [-0.4, -0.2) is 64.1 Å². The van der Waals surface area contributed by atoms with Crippen molar-refractivity contribution >= 4 is 55.6 Å². The van der Waals surface area contributed by atoms with Crippen molar-refractivity contribution < 1.29 is 17.9 Å². The average Bonchev–Trinajstić information content (AvgIpc) is 3.12. The quantitative estimate of drug-likeness (QED) is 0.407. The molecule has 2 aromatic heterocycles. The summed E-state index contributed by atoms with van der Waals surface area (Å²) in [7, 11) is -3.69. The zero-order valence-corrected chi connectivity index (χ0v) is 23.4. The number of halogens is 1. The Morgan fingerprint density at radius 2 is 1.80 bits per heavy atom. The van der Waals surface area contributed by atoms with E-state index >= 15 is 0 Å². The number of piperazine rings is 1. The summed E-state index contributed by atoms with van der Waals surface area (Å²) in [5, 5.41) is 0.689. The van der Waals surface area contributed by atoms with E-state index in [9.17, 15) is 13.2 Å². The molecule has 3 heterocycles. The van der Waals surface area contributed by atoms with E-state index in [1.807, 2.05) is 52.8 Å². The number of carbonyl (C=O) groups excluding carboxylic acids is 1. The topological polar surface area (TPSA) is 97.6 Å². The number of amides is 1. The van der Waals surface area contributed by atoms with Crippen molar-refractivity contribution in [2.45, 2.75) is 58.1 Å². The molecular formula is C24H30IN5O4S. The largest absolute Gasteiger partial charge is 0.444 e. The van der Waals surface area contributed by atoms with Gasteiger partial charge in [-0.15, -0.1) is 0 Å². The van der Waals surface area contributed by atoms with Crippen LogP contribution < -0.4 is 4.90 Å². The summed E-state index contributed by atoms with van der Waals surface area (Å²) in [5.41, 5.74) is 0.490. The van der Waals surface area contributed by atoms with Gasteiger partial charge in [0, 0.05) is 34.9 Å². The highest BCUT2D eigenvalue weighted by Crippen LogP contribution is 2.33. The van der Waals surface area contributed by atoms with Crippen LogP contribution >= 0.6 is 22.6 Å². The van der Waals surface area contributed by atoms with Gasteiger partial charge in [-0.1, -0.05) is 30.3 Å². The molecule has 0 unspecified atom stereocenters. The van der Waals surface area contributed by atoms with Crippen LogP contribution in [0.5, 0.6) is 0 Å². The molecule has 11 heteroatoms. The SMILES string of the molecule is C[C@@H]1CN(C(=O)OC(C)(C)C)[C@@H](C)CN1c1ncnc2c1c(I)cn2S(=O)(=O)Cc1ccccc1. The first-order valence-corrected chi connectivity index (χ1v) is 14.1. The Morgan fingerprint density at radius 3 is 2.46 bits per heavy atom. The Hall–Kier alpha value is -2.41. The third kappa shape index (κ3) is 5.40. The maximum atomic E-state index is 13.3. The summed E-state index contributed by atoms with van der Waals surface area (Å²) >= 11 is 2.14. The van der Waals surface area contributed by atoms with Crippen molar-refractivity contribution in [3.8, 4) is 0 Å². The lowest BCUT2D eigenvalue weighted by molar-refractivity contribution is 0.0130. The zero-order chi connectivity index (χ0) is 25.5. The first-order valence-electron chi connectivity index (χ1n) is 11.4. The fourth-order valence-electron chi connectivity index (χ4n) is 4.26. The number of benzene rings is 1. The highest BCUT2D eigenvalue weighted by molar-refractivity contribution is 14.1. The summed E-state index contributed by atoms with van der Waals surface area (Å²) in [6, 6.07) is 8.91. The van der Waals surface area contributed by atoms with Crippen LogP contribution in [0, 0.1) is 3.57 Å². The second-order valence-corrected chi connectivity index (χ2v) is 12.9. The molecular weight excluding hydrogens is 581 g/mol. The average molecular weight is 612 g/mol. The molecule has 35 heavy (non-hydrogen) atoms. The van der Waals surface area contributed by atoms with E-state index in [0.29, 0.717) is 35.5 Å². The van der Waals surface area contributed by atoms with Crippen molar-refractivity contribution in [3.63, 3.8) is 0 Å². The van der Waals surface area contributed by atoms with Gasteiger partial charge in [0.05, 0.1) is 11.1 Å². The van der Waals surface area contributed by atoms with Gasteiger partial charge in [-0.2, -0.15) is 0 Å². The van der Waals surface area contributed by atoms with Crippen molar-refractivity contribution in [2.24, 2.45) is 0 Å². The maximum absolute atomic E-state index is 13.3. The molecule has 1 aliphatic rings. The molecule has 188 valence electrons. The molecule has 1 aliphatic heterocycles. The Balaban J connectivity index is 1.66. The molecule has 3 aromatic rings. The Bertz CT molecular complexity index is 1340. The lowest BCUT2D eigenvalue weighted by Gasteiger charge is -2.44. The Kier molecular flexibility index (Phi) is 7.02. The lowest BCUT2D eigenvalue weighted by Crippen LogP contribution is -2.59. The van der Waals surface area contributed by atoms with E-state index in [1.165, 1.54) is 10.3 Å². The van der Waals surface area contributed by atoms with Gasteiger partial charge in [-0.25, -0.2) is 27.2 Å². The van der Waals surface area contributed by atoms with Crippen LogP contribution in [0.15, 0.2) is 42.9 Å². The zero-order valence-electron chi connectivity index (χ0n) is 20.5. The molecule has 0 N–H and O–H groups in total. The van der Waals surface area contributed by atoms with E-state index in [1.54, 1.807) is 23.2 Å². The summed E-state index contributed by atoms with van der Waals surface area (Å²) in [6.45, 7) is 10.5. The van der Waals surface area contributed by atoms with Crippen molar-refractivity contribution in [1.82, 2.24) is 18.8 Å². The Labute approximate surface area is 219 Å². The number of carbonyl (C=O) groups is 1. The second kappa shape index (κ2) is 9.57. The number of nitrogens with zero attached hydrogens (tertiary/aromatic N) is 5. The first-order chi connectivity index (χ1) is 16.4. The van der Waals surface area contributed by atoms with Crippen LogP contribution in [0.1, 0.15) is 40.2 Å². The number of hydrogen-bond donors (Lipinski definition) is 0. The molecule has 1 aromatic carbocycles. The van der Waals surface area contributed by atoms with Crippen molar-refractivity contribution in [3.05, 3.63) is 52.0 Å². The minimum atomic E-state index is -3.69. The van der Waals surface area contributed by atoms with Gasteiger partial charge in [0.15, 0.2) is 5.65 Å². The normalized spacial score (nSPS) is 19.3. The minimum absolute atomic E-state index is 0.0584. The number of hydrogen-bond acceptors (Lipinski definition) is 7. The standard InChI is InChI=1S/C24H30IN5O4S/c1-16-12-29(23(31)34-24(3,4)5)17(2)11-28(16)21-20-19(25)13-30(22(20)27-15-26-21)35(32,33)14-18-9-7-6-8-10-18/h6-10,13,15-17H,11-12,14H2,1-5H3/t16-,17+/m1/s1. The Morgan fingerprint density at radius 1 is 1.11 bits per heavy atom. The monoisotopic (exact) mass is 611 g/mol. The van der Waals surface area contributed by atoms with Gasteiger partial charge in [-0.05, 0) is 62.8 Å². The molecule has 1 saturated heterocycles. The molecule has 0 aliphatic carbocycles. The smallest absolute Gasteiger partial charge is 0.410 e. The molecule has 0 saturated carbocycles. The van der Waals surface area contributed by atoms with E-state index in [-0.39, 0.29) is 23.9 Å². The lowest BCUT2D eigenvalue weighted by atomic mass is 10.1. The van der Waals surface area contributed by atoms with Crippen molar-refractivity contribution in [1.29, 1.82) is 0 Å². The summed E-state index contributed by atoms with van der Waals surface area (Å²) in [6.07, 6.45) is 2.67. The highest BCUT2D eigenvalue weighted by atomic mass is 127. The van der Waals surface area contributed by atoms with Gasteiger partial charge in [0.25, 0.3) is 0 Å². The van der Waals surface area contributed by atoms with E-state index in [2.05, 4.69) is 37.5 Å². The molecule has 1 amide bonds. The number of rotatable bonds is 4. The molecule has 0 bridgehead atoms. The predicted octanol–water partition coefficient (Wildman–Crippen LogP) is 4.25. The number of anilines is 1. The maximum Gasteiger partial charge on any atom is 0.410 e. The highest BCUT2D eigenvalue weighted by Gasteiger charge is 2.36. The van der Waals surface area contributed by atoms with Crippen LogP contribution in [-0.2, 0) is 20.5 Å². The molecule has 9 nitrogen and oxygen atoms in total. The van der Waals surface area contributed by atoms with Gasteiger partial charge in [-0.3, -0.25) is 0 Å². The first kappa shape index (κ1) is 25.7. The van der Waals surface area contributed by atoms with E-state index in [4.69, 9.17) is 4.74 Å². The number of ether oxygens (including phenoxy) is 1. The minimum Gasteiger partial charge on any atom is -0.444 e. The molecule has 0 radical (unpaired) electrons. The fourth-order valence-corrected chi connectivity index (χ4v) is 6.63. The van der Waals surface area contributed by atoms with Gasteiger partial charge in [0.2, 0.25) is 10.0 Å². The third-order valence-corrected chi connectivity index (χ3v) is 8.26. The van der Waals surface area contributed by atoms with Crippen molar-refractivity contribution in [2.75, 3.05) is 18.0 Å². The predicted molar refractivity (Wildman–Crippen MR) is 144 cm³/mol. The van der Waals surface area contributed by atoms with Crippen LogP contribution in [0.25, 0.3) is 11.0 Å². The summed E-state index contributed by atoms with van der Waals surface area (Å²) < 4.78 is 34.2. The van der Waals surface area contributed by atoms with Crippen LogP contribution in [0.4, 0.5) is 10.6 Å². The van der Waals surface area contributed by atoms with Crippen LogP contribution in [0.2, 0.25) is 0 Å². The number of fused-ring (bicyclic) bond motifs is 1. The summed E-state index contributed by atoms with van der Waals surface area (Å²) in [5.74, 6) is 0.533. The van der Waals surface area contributed by atoms with Gasteiger partial charge in [0.1, 0.15) is 17.7 Å². The molecule has 2 atom stereocenters. The summed E-state index contributed by atoms with van der Waals surface area (Å²) in [4.78, 5) is 25.5. The molecule has 0 spiro atoms. The van der Waals surface area contributed by atoms with E-state index < -0.39 is 15.6 Å². The third-order valence-electron chi connectivity index (χ3n) is 5.86. The number of aromatic nitrogens is 3. The second-order valence-electron chi connectivity index (χ2n) is 9.89. The van der Waals surface area contributed by atoms with Gasteiger partial charge < -0.3 is 14.5 Å². The molecule has 1 fully saturated rings. The molecule has 4 rings (SSSR count). The van der Waals surface area contributed by atoms with Gasteiger partial charge >= 0.3 is 6.09 Å².